The van der Waals surface area contributed by atoms with Gasteiger partial charge >= 0.3 is 0 Å². The molecule has 0 radical (unpaired) electrons. The van der Waals surface area contributed by atoms with E-state index in [0.717, 1.165) is 18.7 Å². The average Bonchev–Trinajstić information content (AvgIpc) is 2.97. The van der Waals surface area contributed by atoms with Crippen LogP contribution in [0, 0.1) is 5.41 Å². The van der Waals surface area contributed by atoms with Crippen molar-refractivity contribution < 1.29 is 9.90 Å². The van der Waals surface area contributed by atoms with Gasteiger partial charge in [-0.1, -0.05) is 33.6 Å². The largest absolute Gasteiger partial charge is 0.391 e. The van der Waals surface area contributed by atoms with Gasteiger partial charge in [-0.2, -0.15) is 0 Å². The zero-order valence-corrected chi connectivity index (χ0v) is 13.1. The van der Waals surface area contributed by atoms with Crippen molar-refractivity contribution in [2.24, 2.45) is 5.41 Å². The normalized spacial score (nSPS) is 17.7. The van der Waals surface area contributed by atoms with Gasteiger partial charge < -0.3 is 10.4 Å². The van der Waals surface area contributed by atoms with Crippen LogP contribution in [-0.2, 0) is 0 Å². The number of hydrogen-bond donors (Lipinski definition) is 2. The van der Waals surface area contributed by atoms with E-state index in [2.05, 4.69) is 15.3 Å². The summed E-state index contributed by atoms with van der Waals surface area (Å²) in [6, 6.07) is 1.62. The van der Waals surface area contributed by atoms with E-state index in [0.29, 0.717) is 11.6 Å². The molecule has 5 heteroatoms. The van der Waals surface area contributed by atoms with Gasteiger partial charge in [0.2, 0.25) is 0 Å². The van der Waals surface area contributed by atoms with Gasteiger partial charge in [0.15, 0.2) is 0 Å². The number of aromatic nitrogens is 2. The van der Waals surface area contributed by atoms with Crippen molar-refractivity contribution in [3.8, 4) is 0 Å². The maximum Gasteiger partial charge on any atom is 0.270 e. The number of carbonyl (C=O) groups is 1. The second-order valence-electron chi connectivity index (χ2n) is 6.87. The van der Waals surface area contributed by atoms with Gasteiger partial charge in [0.25, 0.3) is 5.91 Å². The third-order valence-corrected chi connectivity index (χ3v) is 4.08. The topological polar surface area (TPSA) is 75.1 Å². The number of aliphatic hydroxyl groups is 1. The van der Waals surface area contributed by atoms with Gasteiger partial charge in [0.05, 0.1) is 6.10 Å². The van der Waals surface area contributed by atoms with Gasteiger partial charge in [-0.3, -0.25) is 4.79 Å². The third kappa shape index (κ3) is 4.24. The average molecular weight is 291 g/mol. The number of nitrogens with zero attached hydrogens (tertiary/aromatic N) is 2. The predicted octanol–water partition coefficient (Wildman–Crippen LogP) is 2.27. The Labute approximate surface area is 126 Å². The molecule has 0 spiro atoms. The molecule has 1 aromatic heterocycles. The van der Waals surface area contributed by atoms with Crippen LogP contribution in [0.1, 0.15) is 68.7 Å². The van der Waals surface area contributed by atoms with Crippen LogP contribution in [0.2, 0.25) is 0 Å². The first-order chi connectivity index (χ1) is 9.88. The molecule has 21 heavy (non-hydrogen) atoms. The van der Waals surface area contributed by atoms with Crippen molar-refractivity contribution >= 4 is 5.91 Å². The van der Waals surface area contributed by atoms with Crippen LogP contribution >= 0.6 is 0 Å². The maximum atomic E-state index is 12.1. The van der Waals surface area contributed by atoms with E-state index in [9.17, 15) is 9.90 Å². The highest BCUT2D eigenvalue weighted by Gasteiger charge is 2.24. The fraction of sp³-hybridized carbons (Fsp3) is 0.688. The van der Waals surface area contributed by atoms with Gasteiger partial charge in [0.1, 0.15) is 11.5 Å². The molecular weight excluding hydrogens is 266 g/mol. The predicted molar refractivity (Wildman–Crippen MR) is 81.0 cm³/mol. The van der Waals surface area contributed by atoms with Crippen LogP contribution in [0.25, 0.3) is 0 Å². The van der Waals surface area contributed by atoms with Crippen LogP contribution < -0.4 is 5.32 Å². The van der Waals surface area contributed by atoms with Gasteiger partial charge in [-0.25, -0.2) is 9.97 Å². The lowest BCUT2D eigenvalue weighted by molar-refractivity contribution is 0.0585. The summed E-state index contributed by atoms with van der Waals surface area (Å²) in [5, 5.41) is 12.7. The number of rotatable bonds is 4. The first-order valence-electron chi connectivity index (χ1n) is 7.67. The Balaban J connectivity index is 1.97. The summed E-state index contributed by atoms with van der Waals surface area (Å²) in [5.74, 6) is 0.911. The summed E-state index contributed by atoms with van der Waals surface area (Å²) in [7, 11) is 0. The number of hydrogen-bond acceptors (Lipinski definition) is 4. The molecule has 0 aliphatic heterocycles. The Kier molecular flexibility index (Phi) is 4.93. The smallest absolute Gasteiger partial charge is 0.270 e. The molecule has 5 nitrogen and oxygen atoms in total. The van der Waals surface area contributed by atoms with Crippen LogP contribution in [0.4, 0.5) is 0 Å². The Morgan fingerprint density at radius 2 is 2.10 bits per heavy atom. The maximum absolute atomic E-state index is 12.1. The Hall–Kier alpha value is -1.49. The molecule has 0 bridgehead atoms. The summed E-state index contributed by atoms with van der Waals surface area (Å²) < 4.78 is 0. The van der Waals surface area contributed by atoms with E-state index < -0.39 is 6.10 Å². The first kappa shape index (κ1) is 15.9. The van der Waals surface area contributed by atoms with Crippen molar-refractivity contribution in [1.82, 2.24) is 15.3 Å². The minimum absolute atomic E-state index is 0.227. The Morgan fingerprint density at radius 3 is 2.71 bits per heavy atom. The van der Waals surface area contributed by atoms with Crippen molar-refractivity contribution in [2.75, 3.05) is 6.54 Å². The van der Waals surface area contributed by atoms with E-state index in [-0.39, 0.29) is 17.9 Å². The standard InChI is InChI=1S/C16H25N3O2/c1-16(2,3)13(20)10-18-15(21)12-8-9-17-14(19-12)11-6-4-5-7-11/h8-9,11,13,20H,4-7,10H2,1-3H3,(H,18,21). The van der Waals surface area contributed by atoms with E-state index in [1.54, 1.807) is 12.3 Å². The van der Waals surface area contributed by atoms with Crippen molar-refractivity contribution in [1.29, 1.82) is 0 Å². The van der Waals surface area contributed by atoms with E-state index in [1.807, 2.05) is 20.8 Å². The summed E-state index contributed by atoms with van der Waals surface area (Å²) in [6.07, 6.45) is 5.69. The van der Waals surface area contributed by atoms with Crippen molar-refractivity contribution in [3.05, 3.63) is 23.8 Å². The summed E-state index contributed by atoms with van der Waals surface area (Å²) in [4.78, 5) is 20.8. The van der Waals surface area contributed by atoms with Crippen molar-refractivity contribution in [2.45, 2.75) is 58.5 Å². The monoisotopic (exact) mass is 291 g/mol. The Bertz CT molecular complexity index is 491. The highest BCUT2D eigenvalue weighted by atomic mass is 16.3. The van der Waals surface area contributed by atoms with Crippen molar-refractivity contribution in [3.63, 3.8) is 0 Å². The van der Waals surface area contributed by atoms with Gasteiger partial charge in [-0.15, -0.1) is 0 Å². The number of carbonyl (C=O) groups excluding carboxylic acids is 1. The summed E-state index contributed by atoms with van der Waals surface area (Å²) in [5.41, 5.74) is 0.126. The molecule has 116 valence electrons. The van der Waals surface area contributed by atoms with Crippen LogP contribution in [-0.4, -0.2) is 33.6 Å². The highest BCUT2D eigenvalue weighted by molar-refractivity contribution is 5.92. The second kappa shape index (κ2) is 6.52. The molecule has 1 aliphatic rings. The molecule has 1 heterocycles. The lowest BCUT2D eigenvalue weighted by Crippen LogP contribution is -2.39. The molecule has 1 atom stereocenters. The molecule has 2 N–H and O–H groups in total. The van der Waals surface area contributed by atoms with Crippen LogP contribution in [0.3, 0.4) is 0 Å². The van der Waals surface area contributed by atoms with E-state index in [4.69, 9.17) is 0 Å². The highest BCUT2D eigenvalue weighted by Crippen LogP contribution is 2.31. The second-order valence-corrected chi connectivity index (χ2v) is 6.87. The number of aliphatic hydroxyl groups excluding tert-OH is 1. The van der Waals surface area contributed by atoms with Crippen LogP contribution in [0.5, 0.6) is 0 Å². The Morgan fingerprint density at radius 1 is 1.43 bits per heavy atom. The molecule has 1 saturated carbocycles. The zero-order chi connectivity index (χ0) is 15.5. The summed E-state index contributed by atoms with van der Waals surface area (Å²) in [6.45, 7) is 6.04. The van der Waals surface area contributed by atoms with E-state index >= 15 is 0 Å². The fourth-order valence-electron chi connectivity index (χ4n) is 2.47. The number of amides is 1. The molecule has 1 fully saturated rings. The molecule has 1 aromatic rings. The molecular formula is C16H25N3O2. The molecule has 1 amide bonds. The minimum atomic E-state index is -0.586. The molecule has 1 unspecified atom stereocenters. The lowest BCUT2D eigenvalue weighted by Gasteiger charge is -2.25. The molecule has 1 aliphatic carbocycles. The fourth-order valence-corrected chi connectivity index (χ4v) is 2.47. The SMILES string of the molecule is CC(C)(C)C(O)CNC(=O)c1ccnc(C2CCCC2)n1. The minimum Gasteiger partial charge on any atom is -0.391 e. The summed E-state index contributed by atoms with van der Waals surface area (Å²) >= 11 is 0. The number of nitrogens with one attached hydrogen (secondary N) is 1. The van der Waals surface area contributed by atoms with E-state index in [1.165, 1.54) is 12.8 Å². The quantitative estimate of drug-likeness (QED) is 0.892. The molecule has 2 rings (SSSR count). The molecule has 0 aromatic carbocycles. The third-order valence-electron chi connectivity index (χ3n) is 4.08. The van der Waals surface area contributed by atoms with Gasteiger partial charge in [0, 0.05) is 18.7 Å². The lowest BCUT2D eigenvalue weighted by atomic mass is 9.89. The van der Waals surface area contributed by atoms with Crippen LogP contribution in [0.15, 0.2) is 12.3 Å². The molecule has 0 saturated heterocycles. The zero-order valence-electron chi connectivity index (χ0n) is 13.1. The first-order valence-corrected chi connectivity index (χ1v) is 7.67. The van der Waals surface area contributed by atoms with Gasteiger partial charge in [-0.05, 0) is 24.3 Å².